The second kappa shape index (κ2) is 17.5. The summed E-state index contributed by atoms with van der Waals surface area (Å²) in [5.41, 5.74) is 11.7. The van der Waals surface area contributed by atoms with Crippen LogP contribution in [0, 0.1) is 106 Å². The monoisotopic (exact) mass is 694 g/mol. The van der Waals surface area contributed by atoms with Crippen molar-refractivity contribution in [3.8, 4) is 47.4 Å². The minimum Gasteiger partial charge on any atom is -0.206 e. The zero-order valence-corrected chi connectivity index (χ0v) is 30.6. The van der Waals surface area contributed by atoms with E-state index >= 15 is 0 Å². The van der Waals surface area contributed by atoms with Gasteiger partial charge in [0.2, 0.25) is 0 Å². The summed E-state index contributed by atoms with van der Waals surface area (Å²) in [5.74, 6) is 22.0. The van der Waals surface area contributed by atoms with Crippen LogP contribution in [0.2, 0.25) is 0 Å². The highest BCUT2D eigenvalue weighted by Gasteiger charge is 2.07. The molecular weight excluding hydrogens is 658 g/mol. The fourth-order valence-corrected chi connectivity index (χ4v) is 4.99. The van der Waals surface area contributed by atoms with E-state index in [4.69, 9.17) is 0 Å². The number of hydrogen-bond donors (Lipinski definition) is 0. The van der Waals surface area contributed by atoms with Gasteiger partial charge in [-0.05, 0) is 160 Å². The molecule has 0 fully saturated rings. The van der Waals surface area contributed by atoms with Gasteiger partial charge in [-0.15, -0.1) is 0 Å². The van der Waals surface area contributed by atoms with Crippen molar-refractivity contribution in [3.05, 3.63) is 211 Å². The summed E-state index contributed by atoms with van der Waals surface area (Å²) in [4.78, 5) is 0. The molecule has 0 aliphatic rings. The third-order valence-corrected chi connectivity index (χ3v) is 8.48. The van der Waals surface area contributed by atoms with Gasteiger partial charge in [-0.25, -0.2) is 13.2 Å². The number of rotatable bonds is 0. The highest BCUT2D eigenvalue weighted by molar-refractivity contribution is 5.51. The summed E-state index contributed by atoms with van der Waals surface area (Å²) in [6, 6.07) is 34.8. The van der Waals surface area contributed by atoms with Crippen molar-refractivity contribution >= 4 is 0 Å². The summed E-state index contributed by atoms with van der Waals surface area (Å²) in [6.07, 6.45) is 0. The SMILES string of the molecule is Cc1cc(F)c(C#Cc2ccc(C#Cc3ccc(C)c(C)c3)cc2)c(F)c1.Cc1ccc(C#Cc2ccc(C#Cc3ccc(C)c(C)c3)c(F)c2)cc1. The second-order valence-corrected chi connectivity index (χ2v) is 12.8. The Morgan fingerprint density at radius 1 is 0.302 bits per heavy atom. The molecule has 0 atom stereocenters. The zero-order valence-electron chi connectivity index (χ0n) is 30.6. The first-order chi connectivity index (χ1) is 25.4. The molecular formula is C50H37F3. The van der Waals surface area contributed by atoms with Crippen molar-refractivity contribution in [2.75, 3.05) is 0 Å². The molecule has 6 aromatic rings. The molecule has 0 N–H and O–H groups in total. The first-order valence-corrected chi connectivity index (χ1v) is 17.1. The van der Waals surface area contributed by atoms with Crippen LogP contribution in [0.3, 0.4) is 0 Å². The van der Waals surface area contributed by atoms with E-state index in [0.29, 0.717) is 22.3 Å². The zero-order chi connectivity index (χ0) is 37.9. The maximum Gasteiger partial charge on any atom is 0.142 e. The lowest BCUT2D eigenvalue weighted by Gasteiger charge is -1.99. The van der Waals surface area contributed by atoms with Gasteiger partial charge < -0.3 is 0 Å². The normalized spacial score (nSPS) is 9.75. The third kappa shape index (κ3) is 10.9. The second-order valence-electron chi connectivity index (χ2n) is 12.8. The smallest absolute Gasteiger partial charge is 0.142 e. The van der Waals surface area contributed by atoms with Crippen LogP contribution in [-0.2, 0) is 0 Å². The summed E-state index contributed by atoms with van der Waals surface area (Å²) in [7, 11) is 0. The first kappa shape index (κ1) is 37.6. The highest BCUT2D eigenvalue weighted by Crippen LogP contribution is 2.15. The molecule has 0 aliphatic carbocycles. The lowest BCUT2D eigenvalue weighted by molar-refractivity contribution is 0.575. The molecule has 0 nitrogen and oxygen atoms in total. The molecule has 6 aromatic carbocycles. The Kier molecular flexibility index (Phi) is 12.4. The number of benzene rings is 6. The Bertz CT molecular complexity index is 2520. The molecule has 0 saturated carbocycles. The van der Waals surface area contributed by atoms with E-state index in [-0.39, 0.29) is 11.4 Å². The van der Waals surface area contributed by atoms with E-state index in [1.807, 2.05) is 74.5 Å². The van der Waals surface area contributed by atoms with Gasteiger partial charge in [0.05, 0.1) is 11.1 Å². The number of halogens is 3. The van der Waals surface area contributed by atoms with Gasteiger partial charge >= 0.3 is 0 Å². The fourth-order valence-electron chi connectivity index (χ4n) is 4.99. The Hall–Kier alpha value is -6.65. The van der Waals surface area contributed by atoms with Crippen molar-refractivity contribution < 1.29 is 13.2 Å². The fraction of sp³-hybridized carbons (Fsp3) is 0.120. The molecule has 0 spiro atoms. The van der Waals surface area contributed by atoms with Crippen LogP contribution in [-0.4, -0.2) is 0 Å². The van der Waals surface area contributed by atoms with Crippen molar-refractivity contribution in [1.82, 2.24) is 0 Å². The molecule has 53 heavy (non-hydrogen) atoms. The van der Waals surface area contributed by atoms with Crippen molar-refractivity contribution in [2.24, 2.45) is 0 Å². The lowest BCUT2D eigenvalue weighted by atomic mass is 10.1. The standard InChI is InChI=1S/C25H18F2.C25H19F/c1-17-14-24(26)23(25(27)15-17)13-12-21-8-6-20(7-9-21)10-11-22-5-4-18(2)19(3)16-22;1-18-4-7-21(8-5-18)10-11-23-13-15-24(25(26)17-23)14-12-22-9-6-19(2)20(3)16-22/h4-9,14-16H,1-3H3;4-9,13,15-17H,1-3H3. The molecule has 3 heteroatoms. The summed E-state index contributed by atoms with van der Waals surface area (Å²) in [6.45, 7) is 11.9. The Balaban J connectivity index is 0.000000204. The van der Waals surface area contributed by atoms with Crippen LogP contribution in [0.5, 0.6) is 0 Å². The summed E-state index contributed by atoms with van der Waals surface area (Å²) < 4.78 is 42.0. The Labute approximate surface area is 311 Å². The lowest BCUT2D eigenvalue weighted by Crippen LogP contribution is -1.91. The van der Waals surface area contributed by atoms with Gasteiger partial charge in [0.25, 0.3) is 0 Å². The quantitative estimate of drug-likeness (QED) is 0.139. The molecule has 6 rings (SSSR count). The molecule has 0 aliphatic heterocycles. The molecule has 0 bridgehead atoms. The van der Waals surface area contributed by atoms with Crippen molar-refractivity contribution in [1.29, 1.82) is 0 Å². The van der Waals surface area contributed by atoms with E-state index in [9.17, 15) is 13.2 Å². The van der Waals surface area contributed by atoms with Gasteiger partial charge in [-0.1, -0.05) is 77.2 Å². The minimum atomic E-state index is -0.643. The third-order valence-electron chi connectivity index (χ3n) is 8.48. The predicted octanol–water partition coefficient (Wildman–Crippen LogP) is 11.2. The van der Waals surface area contributed by atoms with Crippen LogP contribution in [0.1, 0.15) is 77.9 Å². The summed E-state index contributed by atoms with van der Waals surface area (Å²) in [5, 5.41) is 0. The highest BCUT2D eigenvalue weighted by atomic mass is 19.1. The number of aryl methyl sites for hydroxylation is 6. The van der Waals surface area contributed by atoms with Gasteiger partial charge in [0, 0.05) is 33.4 Å². The van der Waals surface area contributed by atoms with Gasteiger partial charge in [0.1, 0.15) is 17.5 Å². The molecule has 0 heterocycles. The maximum absolute atomic E-state index is 14.3. The van der Waals surface area contributed by atoms with Crippen LogP contribution < -0.4 is 0 Å². The first-order valence-electron chi connectivity index (χ1n) is 17.1. The average molecular weight is 695 g/mol. The van der Waals surface area contributed by atoms with E-state index < -0.39 is 11.6 Å². The van der Waals surface area contributed by atoms with E-state index in [0.717, 1.165) is 22.3 Å². The number of hydrogen-bond acceptors (Lipinski definition) is 0. The van der Waals surface area contributed by atoms with E-state index in [1.54, 1.807) is 31.2 Å². The average Bonchev–Trinajstić information content (AvgIpc) is 3.13. The molecule has 258 valence electrons. The van der Waals surface area contributed by atoms with Gasteiger partial charge in [-0.2, -0.15) is 0 Å². The molecule has 0 amide bonds. The predicted molar refractivity (Wildman–Crippen MR) is 211 cm³/mol. The van der Waals surface area contributed by atoms with Crippen molar-refractivity contribution in [2.45, 2.75) is 41.5 Å². The largest absolute Gasteiger partial charge is 0.206 e. The van der Waals surface area contributed by atoms with Crippen LogP contribution in [0.25, 0.3) is 0 Å². The van der Waals surface area contributed by atoms with Crippen LogP contribution in [0.15, 0.2) is 115 Å². The van der Waals surface area contributed by atoms with Crippen LogP contribution in [0.4, 0.5) is 13.2 Å². The van der Waals surface area contributed by atoms with Crippen LogP contribution >= 0.6 is 0 Å². The topological polar surface area (TPSA) is 0 Å². The van der Waals surface area contributed by atoms with Gasteiger partial charge in [-0.3, -0.25) is 0 Å². The molecule has 0 saturated heterocycles. The Morgan fingerprint density at radius 3 is 1.15 bits per heavy atom. The summed E-state index contributed by atoms with van der Waals surface area (Å²) >= 11 is 0. The van der Waals surface area contributed by atoms with E-state index in [1.165, 1.54) is 46.0 Å². The Morgan fingerprint density at radius 2 is 0.679 bits per heavy atom. The minimum absolute atomic E-state index is 0.209. The van der Waals surface area contributed by atoms with E-state index in [2.05, 4.69) is 80.3 Å². The molecule has 0 unspecified atom stereocenters. The van der Waals surface area contributed by atoms with Gasteiger partial charge in [0.15, 0.2) is 0 Å². The maximum atomic E-state index is 14.3. The molecule has 0 radical (unpaired) electrons. The molecule has 0 aromatic heterocycles. The van der Waals surface area contributed by atoms with Crippen molar-refractivity contribution in [3.63, 3.8) is 0 Å².